The number of carbonyl (C=O) groups excluding carboxylic acids is 2. The highest BCUT2D eigenvalue weighted by molar-refractivity contribution is 7.07. The molecule has 0 aliphatic heterocycles. The zero-order chi connectivity index (χ0) is 24.6. The molecule has 0 fully saturated rings. The number of unbranched alkanes of at least 4 members (excludes halogenated alkanes) is 1. The van der Waals surface area contributed by atoms with Gasteiger partial charge in [-0.05, 0) is 31.5 Å². The lowest BCUT2D eigenvalue weighted by Gasteiger charge is -2.18. The summed E-state index contributed by atoms with van der Waals surface area (Å²) >= 11 is 1.06. The third kappa shape index (κ3) is 6.80. The molecule has 1 amide bonds. The van der Waals surface area contributed by atoms with Crippen LogP contribution in [0.5, 0.6) is 0 Å². The number of ether oxygens (including phenoxy) is 1. The third-order valence-corrected chi connectivity index (χ3v) is 5.75. The minimum absolute atomic E-state index is 0.108. The van der Waals surface area contributed by atoms with Crippen LogP contribution >= 0.6 is 11.3 Å². The smallest absolute Gasteiger partial charge is 0.351 e. The zero-order valence-corrected chi connectivity index (χ0v) is 20.5. The van der Waals surface area contributed by atoms with E-state index in [4.69, 9.17) is 4.74 Å². The fourth-order valence-corrected chi connectivity index (χ4v) is 3.80. The summed E-state index contributed by atoms with van der Waals surface area (Å²) in [5.74, 6) is -0.850. The molecule has 0 saturated carbocycles. The zero-order valence-electron chi connectivity index (χ0n) is 19.7. The van der Waals surface area contributed by atoms with Crippen LogP contribution in [0.4, 0.5) is 11.4 Å². The van der Waals surface area contributed by atoms with Crippen LogP contribution in [0.2, 0.25) is 0 Å². The Hall–Kier alpha value is -3.38. The van der Waals surface area contributed by atoms with Crippen molar-refractivity contribution in [2.45, 2.75) is 54.0 Å². The molecule has 0 unspecified atom stereocenters. The molecule has 33 heavy (non-hydrogen) atoms. The topological polar surface area (TPSA) is 113 Å². The Bertz CT molecular complexity index is 1230. The summed E-state index contributed by atoms with van der Waals surface area (Å²) in [5, 5.41) is 15.5. The lowest BCUT2D eigenvalue weighted by molar-refractivity contribution is -0.136. The number of hydrogen-bond acceptors (Lipinski definition) is 7. The van der Waals surface area contributed by atoms with E-state index in [9.17, 15) is 19.6 Å². The van der Waals surface area contributed by atoms with E-state index >= 15 is 0 Å². The molecule has 1 aromatic heterocycles. The molecule has 0 aliphatic rings. The molecule has 8 nitrogen and oxygen atoms in total. The van der Waals surface area contributed by atoms with E-state index < -0.39 is 11.4 Å². The van der Waals surface area contributed by atoms with E-state index in [0.717, 1.165) is 24.2 Å². The van der Waals surface area contributed by atoms with Gasteiger partial charge in [-0.1, -0.05) is 40.2 Å². The van der Waals surface area contributed by atoms with Crippen molar-refractivity contribution < 1.29 is 14.3 Å². The van der Waals surface area contributed by atoms with Gasteiger partial charge in [0.25, 0.3) is 5.56 Å². The highest BCUT2D eigenvalue weighted by Crippen LogP contribution is 2.20. The molecule has 2 aromatic rings. The molecule has 0 bridgehead atoms. The molecule has 0 spiro atoms. The van der Waals surface area contributed by atoms with Crippen LogP contribution in [-0.4, -0.2) is 23.1 Å². The van der Waals surface area contributed by atoms with Crippen LogP contribution in [-0.2, 0) is 20.9 Å². The Morgan fingerprint density at radius 2 is 1.94 bits per heavy atom. The molecular weight excluding hydrogens is 440 g/mol. The number of anilines is 2. The summed E-state index contributed by atoms with van der Waals surface area (Å²) in [6, 6.07) is 9.02. The number of thiazole rings is 1. The van der Waals surface area contributed by atoms with Gasteiger partial charge in [0, 0.05) is 29.5 Å². The van der Waals surface area contributed by atoms with E-state index in [0.29, 0.717) is 22.5 Å². The Morgan fingerprint density at radius 1 is 1.24 bits per heavy atom. The molecule has 176 valence electrons. The van der Waals surface area contributed by atoms with Gasteiger partial charge in [-0.2, -0.15) is 5.26 Å². The SMILES string of the molecule is CCCCn1c(=O)/c(=C\Nc2cccc(NC(=O)C(C)(C)C)c2)s/c1=C(/C#N)C(=O)OCC. The van der Waals surface area contributed by atoms with Crippen LogP contribution < -0.4 is 25.4 Å². The van der Waals surface area contributed by atoms with Gasteiger partial charge >= 0.3 is 5.97 Å². The Labute approximate surface area is 197 Å². The normalized spacial score (nSPS) is 12.7. The van der Waals surface area contributed by atoms with Crippen LogP contribution in [0.1, 0.15) is 47.5 Å². The standard InChI is InChI=1S/C24H30N4O4S/c1-6-8-12-28-20(29)19(33-21(28)18(14-25)22(30)32-7-2)15-26-16-10-9-11-17(13-16)27-23(31)24(3,4)5/h9-11,13,15,26H,6-8,12H2,1-5H3,(H,27,31)/b19-15+,21-18-. The first-order valence-corrected chi connectivity index (χ1v) is 11.6. The van der Waals surface area contributed by atoms with Crippen molar-refractivity contribution in [3.8, 4) is 6.07 Å². The van der Waals surface area contributed by atoms with Gasteiger partial charge in [0.2, 0.25) is 5.91 Å². The summed E-state index contributed by atoms with van der Waals surface area (Å²) < 4.78 is 7.08. The molecule has 1 aromatic carbocycles. The number of benzene rings is 1. The maximum absolute atomic E-state index is 13.0. The van der Waals surface area contributed by atoms with E-state index in [1.807, 2.05) is 33.8 Å². The number of nitrogens with zero attached hydrogens (tertiary/aromatic N) is 2. The first-order chi connectivity index (χ1) is 15.6. The molecule has 0 saturated heterocycles. The van der Waals surface area contributed by atoms with Gasteiger partial charge in [-0.15, -0.1) is 11.3 Å². The molecule has 0 atom stereocenters. The van der Waals surface area contributed by atoms with Crippen molar-refractivity contribution in [3.05, 3.63) is 43.8 Å². The number of nitriles is 1. The maximum Gasteiger partial charge on any atom is 0.351 e. The number of amides is 1. The van der Waals surface area contributed by atoms with Crippen LogP contribution in [0, 0.1) is 16.7 Å². The molecule has 9 heteroatoms. The van der Waals surface area contributed by atoms with Gasteiger partial charge < -0.3 is 15.4 Å². The first kappa shape index (κ1) is 25.9. The van der Waals surface area contributed by atoms with Crippen LogP contribution in [0.25, 0.3) is 11.8 Å². The Kier molecular flexibility index (Phi) is 9.00. The van der Waals surface area contributed by atoms with E-state index in [-0.39, 0.29) is 28.3 Å². The number of aromatic nitrogens is 1. The molecule has 1 heterocycles. The van der Waals surface area contributed by atoms with Gasteiger partial charge in [0.15, 0.2) is 5.57 Å². The Morgan fingerprint density at radius 3 is 2.55 bits per heavy atom. The minimum atomic E-state index is -0.742. The number of rotatable bonds is 8. The molecule has 2 N–H and O–H groups in total. The van der Waals surface area contributed by atoms with Crippen molar-refractivity contribution in [3.63, 3.8) is 0 Å². The summed E-state index contributed by atoms with van der Waals surface area (Å²) in [5.41, 5.74) is 0.307. The molecule has 0 radical (unpaired) electrons. The van der Waals surface area contributed by atoms with Crippen LogP contribution in [0.15, 0.2) is 29.1 Å². The number of esters is 1. The second kappa shape index (κ2) is 11.5. The lowest BCUT2D eigenvalue weighted by atomic mass is 9.95. The molecule has 2 rings (SSSR count). The average Bonchev–Trinajstić information content (AvgIpc) is 3.06. The predicted molar refractivity (Wildman–Crippen MR) is 131 cm³/mol. The van der Waals surface area contributed by atoms with Gasteiger partial charge in [0.1, 0.15) is 15.3 Å². The van der Waals surface area contributed by atoms with Crippen molar-refractivity contribution in [2.75, 3.05) is 17.2 Å². The van der Waals surface area contributed by atoms with E-state index in [1.54, 1.807) is 37.4 Å². The van der Waals surface area contributed by atoms with Crippen molar-refractivity contribution in [1.29, 1.82) is 5.26 Å². The summed E-state index contributed by atoms with van der Waals surface area (Å²) in [4.78, 5) is 37.5. The molecule has 0 aliphatic carbocycles. The number of nitrogens with one attached hydrogen (secondary N) is 2. The van der Waals surface area contributed by atoms with E-state index in [1.165, 1.54) is 4.57 Å². The highest BCUT2D eigenvalue weighted by atomic mass is 32.1. The fourth-order valence-electron chi connectivity index (χ4n) is 2.76. The summed E-state index contributed by atoms with van der Waals surface area (Å²) in [7, 11) is 0. The third-order valence-electron chi connectivity index (χ3n) is 4.62. The van der Waals surface area contributed by atoms with Crippen LogP contribution in [0.3, 0.4) is 0 Å². The largest absolute Gasteiger partial charge is 0.462 e. The van der Waals surface area contributed by atoms with Crippen molar-refractivity contribution in [2.24, 2.45) is 5.41 Å². The molecular formula is C24H30N4O4S. The van der Waals surface area contributed by atoms with E-state index in [2.05, 4.69) is 10.6 Å². The van der Waals surface area contributed by atoms with Gasteiger partial charge in [-0.3, -0.25) is 14.2 Å². The lowest BCUT2D eigenvalue weighted by Crippen LogP contribution is -2.33. The van der Waals surface area contributed by atoms with Gasteiger partial charge in [-0.25, -0.2) is 4.79 Å². The number of carbonyl (C=O) groups is 2. The van der Waals surface area contributed by atoms with Crippen molar-refractivity contribution in [1.82, 2.24) is 4.57 Å². The Balaban J connectivity index is 2.47. The maximum atomic E-state index is 13.0. The second-order valence-electron chi connectivity index (χ2n) is 8.36. The second-order valence-corrected chi connectivity index (χ2v) is 9.39. The van der Waals surface area contributed by atoms with Gasteiger partial charge in [0.05, 0.1) is 6.61 Å². The predicted octanol–water partition coefficient (Wildman–Crippen LogP) is 2.78. The minimum Gasteiger partial charge on any atom is -0.462 e. The summed E-state index contributed by atoms with van der Waals surface area (Å²) in [6.07, 6.45) is 3.13. The monoisotopic (exact) mass is 470 g/mol. The van der Waals surface area contributed by atoms with Crippen molar-refractivity contribution >= 4 is 46.4 Å². The number of hydrogen-bond donors (Lipinski definition) is 2. The quantitative estimate of drug-likeness (QED) is 0.574. The first-order valence-electron chi connectivity index (χ1n) is 10.8. The summed E-state index contributed by atoms with van der Waals surface area (Å²) in [6.45, 7) is 9.69. The fraction of sp³-hybridized carbons (Fsp3) is 0.417. The highest BCUT2D eigenvalue weighted by Gasteiger charge is 2.21. The average molecular weight is 471 g/mol.